The van der Waals surface area contributed by atoms with Crippen LogP contribution in [0, 0.1) is 0 Å². The Bertz CT molecular complexity index is 1590. The maximum Gasteiger partial charge on any atom is 2.00 e. The second-order valence-electron chi connectivity index (χ2n) is 11.3. The molecule has 0 aliphatic rings. The minimum absolute atomic E-state index is 0. The van der Waals surface area contributed by atoms with Crippen LogP contribution in [0.25, 0.3) is 10.8 Å². The van der Waals surface area contributed by atoms with Crippen LogP contribution in [0.2, 0.25) is 0 Å². The van der Waals surface area contributed by atoms with Crippen molar-refractivity contribution >= 4 is 34.1 Å². The van der Waals surface area contributed by atoms with Gasteiger partial charge in [-0.1, -0.05) is 91.3 Å². The van der Waals surface area contributed by atoms with Crippen LogP contribution in [0.5, 0.6) is 11.5 Å². The van der Waals surface area contributed by atoms with Gasteiger partial charge in [0, 0.05) is 6.21 Å². The molecule has 4 nitrogen and oxygen atoms in total. The molecule has 0 fully saturated rings. The van der Waals surface area contributed by atoms with Crippen LogP contribution in [0.15, 0.2) is 70.6 Å². The summed E-state index contributed by atoms with van der Waals surface area (Å²) in [5, 5.41) is 24.5. The average molecular weight is 650 g/mol. The minimum atomic E-state index is -0.414. The maximum absolute atomic E-state index is 11.3. The van der Waals surface area contributed by atoms with Crippen molar-refractivity contribution in [1.82, 2.24) is 0 Å². The van der Waals surface area contributed by atoms with Crippen molar-refractivity contribution in [3.63, 3.8) is 0 Å². The molecule has 0 atom stereocenters. The molecule has 0 heterocycles. The quantitative estimate of drug-likeness (QED) is 0.113. The molecule has 0 radical (unpaired) electrons. The van der Waals surface area contributed by atoms with Gasteiger partial charge in [-0.05, 0) is 120 Å². The second-order valence-corrected chi connectivity index (χ2v) is 11.3. The van der Waals surface area contributed by atoms with Crippen LogP contribution in [-0.4, -0.2) is 11.9 Å². The molecule has 4 aromatic carbocycles. The van der Waals surface area contributed by atoms with E-state index in [4.69, 9.17) is 9.98 Å². The Labute approximate surface area is 281 Å². The van der Waals surface area contributed by atoms with Crippen LogP contribution >= 0.6 is 0 Å². The summed E-state index contributed by atoms with van der Waals surface area (Å²) in [6, 6.07) is 20.2. The number of unbranched alkanes of at least 4 members (excludes halogenated alkanes) is 1. The summed E-state index contributed by atoms with van der Waals surface area (Å²) < 4.78 is 0. The molecule has 0 amide bonds. The molecule has 0 bridgehead atoms. The Morgan fingerprint density at radius 1 is 0.600 bits per heavy atom. The van der Waals surface area contributed by atoms with Crippen LogP contribution in [0.4, 0.5) is 11.4 Å². The first kappa shape index (κ1) is 37.8. The van der Waals surface area contributed by atoms with Gasteiger partial charge in [-0.15, -0.1) is 11.5 Å². The van der Waals surface area contributed by atoms with Crippen molar-refractivity contribution in [2.75, 3.05) is 0 Å². The monoisotopic (exact) mass is 648 g/mol. The van der Waals surface area contributed by atoms with Crippen LogP contribution in [-0.2, 0) is 55.0 Å². The zero-order valence-electron chi connectivity index (χ0n) is 28.2. The summed E-state index contributed by atoms with van der Waals surface area (Å²) in [6.45, 7) is 15.2. The van der Waals surface area contributed by atoms with Gasteiger partial charge >= 0.3 is 16.5 Å². The summed E-state index contributed by atoms with van der Waals surface area (Å²) >= 11 is 0. The molecule has 4 rings (SSSR count). The molecule has 0 unspecified atom stereocenters. The molecule has 0 saturated heterocycles. The zero-order chi connectivity index (χ0) is 32.1. The largest absolute Gasteiger partial charge is 2.00 e. The number of fused-ring (bicyclic) bond motifs is 1. The molecule has 242 valence electrons. The molecule has 0 aliphatic carbocycles. The van der Waals surface area contributed by atoms with Gasteiger partial charge in [0.1, 0.15) is 0 Å². The summed E-state index contributed by atoms with van der Waals surface area (Å²) in [5.74, 6) is -0.825. The van der Waals surface area contributed by atoms with Gasteiger partial charge < -0.3 is 10.2 Å². The SMILES string of the molecule is CCCCC(C=Nc1ccc(CC)c(CC)c1)=Nc1ccc(CC)c(CC)c1.CCc1cc(CC)c2cc([O-])c([O-])cc2c1.[Ni+2]. The average Bonchev–Trinajstić information content (AvgIpc) is 3.05. The van der Waals surface area contributed by atoms with Crippen molar-refractivity contribution in [2.45, 2.75) is 106 Å². The van der Waals surface area contributed by atoms with Crippen LogP contribution in [0.3, 0.4) is 0 Å². The fourth-order valence-corrected chi connectivity index (χ4v) is 5.56. The predicted molar refractivity (Wildman–Crippen MR) is 187 cm³/mol. The number of hydrogen-bond acceptors (Lipinski definition) is 4. The van der Waals surface area contributed by atoms with E-state index in [9.17, 15) is 10.2 Å². The standard InChI is InChI=1S/C26H36N2.C14H16O2.Ni/c1-6-11-12-26(28-25-16-14-21(8-3)23(10-5)18-25)19-27-24-15-13-20(7-2)22(9-4)17-24;1-3-9-5-10(4-2)12-8-14(16)13(15)7-11(12)6-9;/h13-19H,6-12H2,1-5H3;5-8,15-16H,3-4H2,1-2H3;/q;;+2/p-2. The Kier molecular flexibility index (Phi) is 16.1. The van der Waals surface area contributed by atoms with Crippen LogP contribution < -0.4 is 10.2 Å². The van der Waals surface area contributed by atoms with Crippen molar-refractivity contribution in [3.05, 3.63) is 94.0 Å². The van der Waals surface area contributed by atoms with E-state index in [1.807, 2.05) is 12.3 Å². The molecule has 0 spiro atoms. The van der Waals surface area contributed by atoms with E-state index in [2.05, 4.69) is 90.9 Å². The number of benzene rings is 4. The summed E-state index contributed by atoms with van der Waals surface area (Å²) in [5.41, 5.74) is 11.1. The van der Waals surface area contributed by atoms with E-state index in [0.717, 1.165) is 91.2 Å². The van der Waals surface area contributed by atoms with E-state index in [1.54, 1.807) is 0 Å². The molecule has 4 aromatic rings. The van der Waals surface area contributed by atoms with Gasteiger partial charge in [0.15, 0.2) is 0 Å². The Balaban J connectivity index is 0.000000351. The van der Waals surface area contributed by atoms with E-state index in [-0.39, 0.29) is 16.5 Å². The smallest absolute Gasteiger partial charge is 0.873 e. The van der Waals surface area contributed by atoms with Crippen molar-refractivity contribution in [1.29, 1.82) is 0 Å². The third kappa shape index (κ3) is 10.6. The molecule has 45 heavy (non-hydrogen) atoms. The molecule has 0 aliphatic heterocycles. The first-order valence-electron chi connectivity index (χ1n) is 16.6. The van der Waals surface area contributed by atoms with E-state index in [1.165, 1.54) is 39.9 Å². The maximum atomic E-state index is 11.3. The van der Waals surface area contributed by atoms with Gasteiger partial charge in [-0.2, -0.15) is 0 Å². The minimum Gasteiger partial charge on any atom is -0.873 e. The molecular weight excluding hydrogens is 599 g/mol. The van der Waals surface area contributed by atoms with Gasteiger partial charge in [0.05, 0.1) is 17.1 Å². The van der Waals surface area contributed by atoms with Crippen molar-refractivity contribution in [2.24, 2.45) is 9.98 Å². The normalized spacial score (nSPS) is 11.4. The molecule has 0 saturated carbocycles. The fourth-order valence-electron chi connectivity index (χ4n) is 5.56. The van der Waals surface area contributed by atoms with E-state index in [0.29, 0.717) is 0 Å². The third-order valence-corrected chi connectivity index (χ3v) is 8.28. The van der Waals surface area contributed by atoms with Gasteiger partial charge in [-0.25, -0.2) is 0 Å². The van der Waals surface area contributed by atoms with E-state index >= 15 is 0 Å². The second kappa shape index (κ2) is 19.2. The number of hydrogen-bond donors (Lipinski definition) is 0. The summed E-state index contributed by atoms with van der Waals surface area (Å²) in [6.07, 6.45) is 11.3. The predicted octanol–water partition coefficient (Wildman–Crippen LogP) is 9.71. The number of aryl methyl sites for hydroxylation is 6. The first-order valence-corrected chi connectivity index (χ1v) is 16.6. The zero-order valence-corrected chi connectivity index (χ0v) is 29.2. The summed E-state index contributed by atoms with van der Waals surface area (Å²) in [7, 11) is 0. The molecule has 0 aromatic heterocycles. The first-order chi connectivity index (χ1) is 21.3. The Hall–Kier alpha value is -3.43. The Morgan fingerprint density at radius 2 is 1.16 bits per heavy atom. The van der Waals surface area contributed by atoms with Gasteiger partial charge in [0.25, 0.3) is 0 Å². The topological polar surface area (TPSA) is 70.8 Å². The molecular formula is C40H50N2NiO2. The number of nitrogens with zero attached hydrogens (tertiary/aromatic N) is 2. The van der Waals surface area contributed by atoms with Gasteiger partial charge in [-0.3, -0.25) is 9.98 Å². The van der Waals surface area contributed by atoms with E-state index < -0.39 is 11.5 Å². The Morgan fingerprint density at radius 3 is 1.71 bits per heavy atom. The van der Waals surface area contributed by atoms with Gasteiger partial charge in [0.2, 0.25) is 0 Å². The number of aliphatic imine (C=N–C) groups is 2. The van der Waals surface area contributed by atoms with Crippen LogP contribution in [0.1, 0.15) is 101 Å². The fraction of sp³-hybridized carbons (Fsp3) is 0.400. The molecule has 5 heteroatoms. The third-order valence-electron chi connectivity index (χ3n) is 8.28. The summed E-state index contributed by atoms with van der Waals surface area (Å²) in [4.78, 5) is 9.70. The van der Waals surface area contributed by atoms with Crippen molar-refractivity contribution < 1.29 is 26.7 Å². The van der Waals surface area contributed by atoms with Crippen molar-refractivity contribution in [3.8, 4) is 11.5 Å². The number of rotatable bonds is 12. The molecule has 0 N–H and O–H groups in total.